The minimum absolute atomic E-state index is 0.0757. The summed E-state index contributed by atoms with van der Waals surface area (Å²) < 4.78 is 44.6. The first-order valence-corrected chi connectivity index (χ1v) is 9.76. The molecule has 3 rings (SSSR count). The lowest BCUT2D eigenvalue weighted by atomic mass is 10.2. The molecule has 1 fully saturated rings. The number of pyridine rings is 1. The van der Waals surface area contributed by atoms with Gasteiger partial charge in [0.15, 0.2) is 6.61 Å². The van der Waals surface area contributed by atoms with Gasteiger partial charge in [-0.2, -0.15) is 13.2 Å². The third kappa shape index (κ3) is 6.35. The van der Waals surface area contributed by atoms with E-state index >= 15 is 0 Å². The van der Waals surface area contributed by atoms with E-state index in [0.29, 0.717) is 18.7 Å². The number of carbonyl (C=O) groups is 1. The second-order valence-electron chi connectivity index (χ2n) is 6.46. The number of likely N-dealkylation sites (tertiary alicyclic amines) is 1. The fourth-order valence-corrected chi connectivity index (χ4v) is 2.97. The van der Waals surface area contributed by atoms with E-state index in [1.807, 2.05) is 13.8 Å². The van der Waals surface area contributed by atoms with Crippen LogP contribution >= 0.6 is 0 Å². The minimum Gasteiger partial charge on any atom is -0.484 e. The molecule has 2 heterocycles. The number of alkyl halides is 3. The number of aliphatic hydroxyl groups is 1. The van der Waals surface area contributed by atoms with Crippen LogP contribution in [0, 0.1) is 0 Å². The molecule has 0 aliphatic carbocycles. The minimum atomic E-state index is -4.50. The lowest BCUT2D eigenvalue weighted by Crippen LogP contribution is -2.35. The molecule has 0 spiro atoms. The van der Waals surface area contributed by atoms with Gasteiger partial charge < -0.3 is 20.1 Å². The maximum atomic E-state index is 13.1. The van der Waals surface area contributed by atoms with Crippen molar-refractivity contribution in [2.45, 2.75) is 39.1 Å². The van der Waals surface area contributed by atoms with Crippen molar-refractivity contribution in [2.24, 2.45) is 0 Å². The molecule has 1 aromatic carbocycles. The lowest BCUT2D eigenvalue weighted by Gasteiger charge is -2.19. The van der Waals surface area contributed by atoms with Gasteiger partial charge in [-0.3, -0.25) is 4.79 Å². The van der Waals surface area contributed by atoms with Crippen LogP contribution in [0.15, 0.2) is 42.6 Å². The predicted octanol–water partition coefficient (Wildman–Crippen LogP) is 3.71. The van der Waals surface area contributed by atoms with Gasteiger partial charge >= 0.3 is 6.18 Å². The monoisotopic (exact) mass is 425 g/mol. The quantitative estimate of drug-likeness (QED) is 0.738. The highest BCUT2D eigenvalue weighted by Gasteiger charge is 2.35. The van der Waals surface area contributed by atoms with Gasteiger partial charge in [-0.25, -0.2) is 4.98 Å². The highest BCUT2D eigenvalue weighted by molar-refractivity contribution is 5.78. The van der Waals surface area contributed by atoms with Gasteiger partial charge in [0.2, 0.25) is 0 Å². The molecule has 164 valence electrons. The van der Waals surface area contributed by atoms with E-state index in [9.17, 15) is 18.0 Å². The largest absolute Gasteiger partial charge is 0.484 e. The summed E-state index contributed by atoms with van der Waals surface area (Å²) in [5.41, 5.74) is -0.0886. The van der Waals surface area contributed by atoms with Gasteiger partial charge in [-0.05, 0) is 36.2 Å². The van der Waals surface area contributed by atoms with Crippen LogP contribution < -0.4 is 10.1 Å². The van der Waals surface area contributed by atoms with Crippen molar-refractivity contribution < 1.29 is 27.8 Å². The molecular formula is C21H26F3N3O3. The van der Waals surface area contributed by atoms with Crippen LogP contribution in [0.5, 0.6) is 5.75 Å². The number of rotatable bonds is 6. The van der Waals surface area contributed by atoms with Crippen molar-refractivity contribution in [2.75, 3.05) is 25.0 Å². The number of nitrogens with zero attached hydrogens (tertiary/aromatic N) is 2. The van der Waals surface area contributed by atoms with Gasteiger partial charge in [0.25, 0.3) is 5.91 Å². The Bertz CT molecular complexity index is 813. The topological polar surface area (TPSA) is 74.7 Å². The van der Waals surface area contributed by atoms with E-state index in [4.69, 9.17) is 9.84 Å². The Morgan fingerprint density at radius 3 is 2.60 bits per heavy atom. The van der Waals surface area contributed by atoms with E-state index in [0.717, 1.165) is 11.6 Å². The molecule has 1 aliphatic rings. The van der Waals surface area contributed by atoms with Crippen LogP contribution in [0.4, 0.5) is 19.0 Å². The van der Waals surface area contributed by atoms with E-state index in [1.54, 1.807) is 29.2 Å². The molecule has 6 nitrogen and oxygen atoms in total. The average molecular weight is 425 g/mol. The SMILES string of the molecule is CC.O=C(COc1ccc(CO)cc1)N1CCC(Nc2ncccc2C(F)(F)F)C1. The Morgan fingerprint density at radius 2 is 1.97 bits per heavy atom. The van der Waals surface area contributed by atoms with Crippen LogP contribution in [0.25, 0.3) is 0 Å². The second-order valence-corrected chi connectivity index (χ2v) is 6.46. The smallest absolute Gasteiger partial charge is 0.419 e. The van der Waals surface area contributed by atoms with Gasteiger partial charge in [0, 0.05) is 25.3 Å². The van der Waals surface area contributed by atoms with Crippen molar-refractivity contribution in [3.05, 3.63) is 53.7 Å². The number of carbonyl (C=O) groups excluding carboxylic acids is 1. The van der Waals surface area contributed by atoms with Gasteiger partial charge in [0.1, 0.15) is 11.6 Å². The summed E-state index contributed by atoms with van der Waals surface area (Å²) in [6.07, 6.45) is -2.68. The standard InChI is InChI=1S/C19H20F3N3O3.C2H6/c20-19(21,22)16-2-1-8-23-18(16)24-14-7-9-25(10-14)17(27)12-28-15-5-3-13(11-26)4-6-15;1-2/h1-6,8,14,26H,7,9-12H2,(H,23,24);1-2H3. The van der Waals surface area contributed by atoms with Crippen molar-refractivity contribution >= 4 is 11.7 Å². The maximum absolute atomic E-state index is 13.1. The number of hydrogen-bond acceptors (Lipinski definition) is 5. The predicted molar refractivity (Wildman–Crippen MR) is 107 cm³/mol. The number of amides is 1. The first kappa shape index (κ1) is 23.5. The summed E-state index contributed by atoms with van der Waals surface area (Å²) >= 11 is 0. The summed E-state index contributed by atoms with van der Waals surface area (Å²) in [4.78, 5) is 17.6. The summed E-state index contributed by atoms with van der Waals surface area (Å²) in [7, 11) is 0. The van der Waals surface area contributed by atoms with Gasteiger partial charge in [-0.15, -0.1) is 0 Å². The molecule has 2 aromatic rings. The number of nitrogens with one attached hydrogen (secondary N) is 1. The summed E-state index contributed by atoms with van der Waals surface area (Å²) in [6, 6.07) is 8.61. The molecule has 0 saturated carbocycles. The molecule has 1 atom stereocenters. The Kier molecular flexibility index (Phi) is 8.46. The number of benzene rings is 1. The molecule has 1 unspecified atom stereocenters. The number of halogens is 3. The Hall–Kier alpha value is -2.81. The van der Waals surface area contributed by atoms with E-state index < -0.39 is 11.7 Å². The fraction of sp³-hybridized carbons (Fsp3) is 0.429. The Balaban J connectivity index is 0.00000155. The molecule has 1 aromatic heterocycles. The molecule has 1 amide bonds. The van der Waals surface area contributed by atoms with Crippen LogP contribution in [0.1, 0.15) is 31.4 Å². The van der Waals surface area contributed by atoms with Crippen molar-refractivity contribution in [3.63, 3.8) is 0 Å². The fourth-order valence-electron chi connectivity index (χ4n) is 2.97. The average Bonchev–Trinajstić information content (AvgIpc) is 3.22. The number of anilines is 1. The Morgan fingerprint density at radius 1 is 1.27 bits per heavy atom. The van der Waals surface area contributed by atoms with Crippen molar-refractivity contribution in [1.82, 2.24) is 9.88 Å². The van der Waals surface area contributed by atoms with E-state index in [1.165, 1.54) is 12.3 Å². The van der Waals surface area contributed by atoms with E-state index in [2.05, 4.69) is 10.3 Å². The van der Waals surface area contributed by atoms with Crippen molar-refractivity contribution in [1.29, 1.82) is 0 Å². The second kappa shape index (κ2) is 10.8. The first-order chi connectivity index (χ1) is 14.4. The van der Waals surface area contributed by atoms with Gasteiger partial charge in [0.05, 0.1) is 12.2 Å². The third-order valence-corrected chi connectivity index (χ3v) is 4.46. The van der Waals surface area contributed by atoms with E-state index in [-0.39, 0.29) is 37.5 Å². The zero-order chi connectivity index (χ0) is 22.1. The third-order valence-electron chi connectivity index (χ3n) is 4.46. The highest BCUT2D eigenvalue weighted by atomic mass is 19.4. The Labute approximate surface area is 173 Å². The molecule has 30 heavy (non-hydrogen) atoms. The highest BCUT2D eigenvalue weighted by Crippen LogP contribution is 2.34. The molecule has 0 radical (unpaired) electrons. The zero-order valence-electron chi connectivity index (χ0n) is 16.9. The van der Waals surface area contributed by atoms with Crippen molar-refractivity contribution in [3.8, 4) is 5.75 Å². The van der Waals surface area contributed by atoms with Gasteiger partial charge in [-0.1, -0.05) is 26.0 Å². The normalized spacial score (nSPS) is 15.9. The van der Waals surface area contributed by atoms with Crippen LogP contribution in [-0.4, -0.2) is 46.6 Å². The summed E-state index contributed by atoms with van der Waals surface area (Å²) in [5, 5.41) is 11.8. The number of ether oxygens (including phenoxy) is 1. The van der Waals surface area contributed by atoms with Crippen LogP contribution in [-0.2, 0) is 17.6 Å². The molecule has 1 aliphatic heterocycles. The van der Waals surface area contributed by atoms with Crippen LogP contribution in [0.3, 0.4) is 0 Å². The summed E-state index contributed by atoms with van der Waals surface area (Å²) in [6.45, 7) is 4.47. The molecule has 9 heteroatoms. The number of aromatic nitrogens is 1. The molecule has 1 saturated heterocycles. The summed E-state index contributed by atoms with van der Waals surface area (Å²) in [5.74, 6) is 0.0323. The number of aliphatic hydroxyl groups excluding tert-OH is 1. The lowest BCUT2D eigenvalue weighted by molar-refractivity contribution is -0.137. The molecule has 0 bridgehead atoms. The van der Waals surface area contributed by atoms with Crippen LogP contribution in [0.2, 0.25) is 0 Å². The first-order valence-electron chi connectivity index (χ1n) is 9.76. The molecular weight excluding hydrogens is 399 g/mol. The zero-order valence-corrected chi connectivity index (χ0v) is 16.9. The number of hydrogen-bond donors (Lipinski definition) is 2. The maximum Gasteiger partial charge on any atom is 0.419 e. The molecule has 2 N–H and O–H groups in total.